The Hall–Kier alpha value is -3.19. The van der Waals surface area contributed by atoms with Gasteiger partial charge in [-0.2, -0.15) is 5.26 Å². The molecule has 0 aliphatic rings. The van der Waals surface area contributed by atoms with Crippen molar-refractivity contribution in [3.8, 4) is 11.8 Å². The molecule has 3 aromatic rings. The lowest BCUT2D eigenvalue weighted by Crippen LogP contribution is -2.00. The van der Waals surface area contributed by atoms with E-state index in [9.17, 15) is 5.26 Å². The first-order valence-electron chi connectivity index (χ1n) is 7.35. The molecule has 0 radical (unpaired) electrons. The third-order valence-corrected chi connectivity index (χ3v) is 3.50. The number of nitrogens with zero attached hydrogens (tertiary/aromatic N) is 4. The van der Waals surface area contributed by atoms with E-state index in [4.69, 9.17) is 0 Å². The van der Waals surface area contributed by atoms with E-state index < -0.39 is 0 Å². The van der Waals surface area contributed by atoms with Gasteiger partial charge in [0.1, 0.15) is 11.8 Å². The predicted octanol–water partition coefficient (Wildman–Crippen LogP) is 3.93. The summed E-state index contributed by atoms with van der Waals surface area (Å²) in [5.41, 5.74) is 5.26. The van der Waals surface area contributed by atoms with E-state index in [1.54, 1.807) is 4.68 Å². The van der Waals surface area contributed by atoms with Gasteiger partial charge < -0.3 is 0 Å². The third kappa shape index (κ3) is 3.19. The van der Waals surface area contributed by atoms with Crippen molar-refractivity contribution in [2.75, 3.05) is 0 Å². The summed E-state index contributed by atoms with van der Waals surface area (Å²) in [5.74, 6) is 0. The van der Waals surface area contributed by atoms with Crippen LogP contribution in [0, 0.1) is 25.2 Å². The van der Waals surface area contributed by atoms with Gasteiger partial charge in [0.2, 0.25) is 0 Å². The highest BCUT2D eigenvalue weighted by Gasteiger charge is 2.12. The van der Waals surface area contributed by atoms with Gasteiger partial charge in [-0.1, -0.05) is 47.7 Å². The molecule has 112 valence electrons. The van der Waals surface area contributed by atoms with Crippen LogP contribution in [0.15, 0.2) is 48.5 Å². The molecule has 4 heteroatoms. The van der Waals surface area contributed by atoms with Crippen LogP contribution in [0.3, 0.4) is 0 Å². The van der Waals surface area contributed by atoms with Crippen molar-refractivity contribution in [2.45, 2.75) is 13.8 Å². The SMILES string of the molecule is Cc1cc(C)cc(-n2nnc(C#N)c2/C=C/c2ccccc2)c1. The van der Waals surface area contributed by atoms with Crippen LogP contribution in [0.1, 0.15) is 28.1 Å². The molecule has 0 N–H and O–H groups in total. The predicted molar refractivity (Wildman–Crippen MR) is 90.9 cm³/mol. The second-order valence-corrected chi connectivity index (χ2v) is 5.44. The third-order valence-electron chi connectivity index (χ3n) is 3.50. The van der Waals surface area contributed by atoms with E-state index in [2.05, 4.69) is 22.4 Å². The highest BCUT2D eigenvalue weighted by atomic mass is 15.4. The summed E-state index contributed by atoms with van der Waals surface area (Å²) in [6.45, 7) is 4.08. The molecule has 1 heterocycles. The number of rotatable bonds is 3. The molecule has 3 rings (SSSR count). The van der Waals surface area contributed by atoms with Gasteiger partial charge in [-0.3, -0.25) is 0 Å². The Morgan fingerprint density at radius 1 is 1.00 bits per heavy atom. The summed E-state index contributed by atoms with van der Waals surface area (Å²) in [6.07, 6.45) is 3.84. The first-order valence-corrected chi connectivity index (χ1v) is 7.35. The fraction of sp³-hybridized carbons (Fsp3) is 0.105. The van der Waals surface area contributed by atoms with Crippen LogP contribution in [0.2, 0.25) is 0 Å². The van der Waals surface area contributed by atoms with Crippen LogP contribution in [-0.2, 0) is 0 Å². The number of aromatic nitrogens is 3. The van der Waals surface area contributed by atoms with Crippen LogP contribution in [0.4, 0.5) is 0 Å². The molecule has 0 fully saturated rings. The van der Waals surface area contributed by atoms with E-state index in [1.165, 1.54) is 0 Å². The van der Waals surface area contributed by atoms with Gasteiger partial charge in [0.05, 0.1) is 5.69 Å². The number of nitriles is 1. The number of benzene rings is 2. The highest BCUT2D eigenvalue weighted by Crippen LogP contribution is 2.18. The minimum Gasteiger partial charge on any atom is -0.212 e. The Morgan fingerprint density at radius 2 is 1.70 bits per heavy atom. The Labute approximate surface area is 135 Å². The number of hydrogen-bond acceptors (Lipinski definition) is 3. The van der Waals surface area contributed by atoms with E-state index in [0.717, 1.165) is 22.4 Å². The Balaban J connectivity index is 2.08. The topological polar surface area (TPSA) is 54.5 Å². The molecule has 0 aliphatic heterocycles. The molecular formula is C19H16N4. The maximum absolute atomic E-state index is 9.29. The summed E-state index contributed by atoms with van der Waals surface area (Å²) in [7, 11) is 0. The average Bonchev–Trinajstić information content (AvgIpc) is 2.96. The average molecular weight is 300 g/mol. The summed E-state index contributed by atoms with van der Waals surface area (Å²) in [5, 5.41) is 17.4. The standard InChI is InChI=1S/C19H16N4/c1-14-10-15(2)12-17(11-14)23-19(18(13-20)21-22-23)9-8-16-6-4-3-5-7-16/h3-12H,1-2H3/b9-8+. The molecule has 2 aromatic carbocycles. The smallest absolute Gasteiger partial charge is 0.190 e. The lowest BCUT2D eigenvalue weighted by atomic mass is 10.1. The second kappa shape index (κ2) is 6.29. The molecule has 0 atom stereocenters. The minimum atomic E-state index is 0.316. The molecule has 23 heavy (non-hydrogen) atoms. The van der Waals surface area contributed by atoms with Gasteiger partial charge in [-0.05, 0) is 48.7 Å². The molecule has 0 aliphatic carbocycles. The molecule has 0 unspecified atom stereocenters. The van der Waals surface area contributed by atoms with Crippen molar-refractivity contribution in [1.82, 2.24) is 15.0 Å². The van der Waals surface area contributed by atoms with Crippen LogP contribution >= 0.6 is 0 Å². The molecule has 0 spiro atoms. The van der Waals surface area contributed by atoms with Gasteiger partial charge in [0.15, 0.2) is 5.69 Å². The van der Waals surface area contributed by atoms with Gasteiger partial charge in [0.25, 0.3) is 0 Å². The minimum absolute atomic E-state index is 0.316. The van der Waals surface area contributed by atoms with Crippen LogP contribution < -0.4 is 0 Å². The first-order chi connectivity index (χ1) is 11.2. The van der Waals surface area contributed by atoms with Crippen molar-refractivity contribution < 1.29 is 0 Å². The maximum atomic E-state index is 9.29. The molecule has 0 amide bonds. The molecule has 4 nitrogen and oxygen atoms in total. The zero-order valence-corrected chi connectivity index (χ0v) is 13.1. The maximum Gasteiger partial charge on any atom is 0.190 e. The van der Waals surface area contributed by atoms with E-state index in [-0.39, 0.29) is 0 Å². The molecular weight excluding hydrogens is 284 g/mol. The number of hydrogen-bond donors (Lipinski definition) is 0. The zero-order valence-electron chi connectivity index (χ0n) is 13.1. The summed E-state index contributed by atoms with van der Waals surface area (Å²) < 4.78 is 1.71. The summed E-state index contributed by atoms with van der Waals surface area (Å²) >= 11 is 0. The Morgan fingerprint density at radius 3 is 2.35 bits per heavy atom. The van der Waals surface area contributed by atoms with Gasteiger partial charge in [-0.25, -0.2) is 4.68 Å². The Bertz CT molecular complexity index is 879. The van der Waals surface area contributed by atoms with E-state index in [0.29, 0.717) is 11.4 Å². The van der Waals surface area contributed by atoms with Crippen molar-refractivity contribution in [3.63, 3.8) is 0 Å². The number of aryl methyl sites for hydroxylation is 2. The lowest BCUT2D eigenvalue weighted by molar-refractivity contribution is 0.796. The van der Waals surface area contributed by atoms with Crippen molar-refractivity contribution in [1.29, 1.82) is 5.26 Å². The normalized spacial score (nSPS) is 10.8. The first kappa shape index (κ1) is 14.7. The van der Waals surface area contributed by atoms with E-state index in [1.807, 2.05) is 68.5 Å². The Kier molecular flexibility index (Phi) is 4.03. The van der Waals surface area contributed by atoms with E-state index >= 15 is 0 Å². The fourth-order valence-corrected chi connectivity index (χ4v) is 2.52. The van der Waals surface area contributed by atoms with Gasteiger partial charge in [-0.15, -0.1) is 5.10 Å². The largest absolute Gasteiger partial charge is 0.212 e. The summed E-state index contributed by atoms with van der Waals surface area (Å²) in [4.78, 5) is 0. The quantitative estimate of drug-likeness (QED) is 0.736. The molecule has 1 aromatic heterocycles. The van der Waals surface area contributed by atoms with Crippen molar-refractivity contribution in [3.05, 3.63) is 76.6 Å². The summed E-state index contributed by atoms with van der Waals surface area (Å²) in [6, 6.07) is 18.2. The zero-order chi connectivity index (χ0) is 16.2. The van der Waals surface area contributed by atoms with Crippen LogP contribution in [0.5, 0.6) is 0 Å². The van der Waals surface area contributed by atoms with Crippen molar-refractivity contribution in [2.24, 2.45) is 0 Å². The molecule has 0 saturated carbocycles. The van der Waals surface area contributed by atoms with Crippen LogP contribution in [0.25, 0.3) is 17.8 Å². The van der Waals surface area contributed by atoms with Gasteiger partial charge >= 0.3 is 0 Å². The van der Waals surface area contributed by atoms with Gasteiger partial charge in [0, 0.05) is 0 Å². The monoisotopic (exact) mass is 300 g/mol. The van der Waals surface area contributed by atoms with Crippen molar-refractivity contribution >= 4 is 12.2 Å². The van der Waals surface area contributed by atoms with Crippen LogP contribution in [-0.4, -0.2) is 15.0 Å². The molecule has 0 bridgehead atoms. The lowest BCUT2D eigenvalue weighted by Gasteiger charge is -2.06. The molecule has 0 saturated heterocycles. The highest BCUT2D eigenvalue weighted by molar-refractivity contribution is 5.70. The second-order valence-electron chi connectivity index (χ2n) is 5.44. The fourth-order valence-electron chi connectivity index (χ4n) is 2.52.